The molecule has 0 saturated carbocycles. The van der Waals surface area contributed by atoms with Crippen molar-refractivity contribution in [2.75, 3.05) is 12.4 Å². The highest BCUT2D eigenvalue weighted by molar-refractivity contribution is 5.92. The number of fused-ring (bicyclic) bond motifs is 1. The Morgan fingerprint density at radius 1 is 1.06 bits per heavy atom. The van der Waals surface area contributed by atoms with Crippen molar-refractivity contribution in [2.45, 2.75) is 19.9 Å². The van der Waals surface area contributed by atoms with Gasteiger partial charge in [0.25, 0.3) is 5.56 Å². The van der Waals surface area contributed by atoms with Crippen molar-refractivity contribution in [1.29, 1.82) is 0 Å². The van der Waals surface area contributed by atoms with Gasteiger partial charge in [0.2, 0.25) is 5.91 Å². The van der Waals surface area contributed by atoms with Crippen molar-refractivity contribution in [3.63, 3.8) is 0 Å². The van der Waals surface area contributed by atoms with Gasteiger partial charge >= 0.3 is 0 Å². The van der Waals surface area contributed by atoms with E-state index in [0.29, 0.717) is 23.2 Å². The third kappa shape index (κ3) is 4.45. The molecule has 4 rings (SSSR count). The van der Waals surface area contributed by atoms with Crippen molar-refractivity contribution in [3.05, 3.63) is 94.2 Å². The molecule has 7 heteroatoms. The Morgan fingerprint density at radius 2 is 1.81 bits per heavy atom. The van der Waals surface area contributed by atoms with Gasteiger partial charge in [-0.05, 0) is 48.4 Å². The van der Waals surface area contributed by atoms with Crippen LogP contribution in [0.4, 0.5) is 5.69 Å². The second-order valence-electron chi connectivity index (χ2n) is 7.24. The summed E-state index contributed by atoms with van der Waals surface area (Å²) in [6.45, 7) is 1.72. The first-order chi connectivity index (χ1) is 15.0. The lowest BCUT2D eigenvalue weighted by atomic mass is 10.1. The minimum atomic E-state index is -0.358. The van der Waals surface area contributed by atoms with E-state index in [1.807, 2.05) is 49.4 Å². The summed E-state index contributed by atoms with van der Waals surface area (Å²) in [6, 6.07) is 16.6. The summed E-state index contributed by atoms with van der Waals surface area (Å²) >= 11 is 0. The third-order valence-electron chi connectivity index (χ3n) is 4.99. The molecule has 2 aromatic heterocycles. The number of benzene rings is 2. The van der Waals surface area contributed by atoms with Crippen LogP contribution in [0.5, 0.6) is 5.75 Å². The molecular weight excluding hydrogens is 392 g/mol. The largest absolute Gasteiger partial charge is 0.495 e. The predicted molar refractivity (Wildman–Crippen MR) is 119 cm³/mol. The van der Waals surface area contributed by atoms with Crippen molar-refractivity contribution in [3.8, 4) is 5.75 Å². The van der Waals surface area contributed by atoms with Gasteiger partial charge in [-0.1, -0.05) is 24.3 Å². The zero-order valence-corrected chi connectivity index (χ0v) is 17.3. The number of hydrogen-bond donors (Lipinski definition) is 1. The maximum Gasteiger partial charge on any atom is 0.275 e. The number of pyridine rings is 1. The van der Waals surface area contributed by atoms with E-state index in [9.17, 15) is 9.59 Å². The van der Waals surface area contributed by atoms with E-state index < -0.39 is 0 Å². The summed E-state index contributed by atoms with van der Waals surface area (Å²) in [5.74, 6) is 0.194. The maximum absolute atomic E-state index is 13.0. The molecule has 0 saturated heterocycles. The minimum absolute atomic E-state index is 0.204. The molecule has 0 radical (unpaired) electrons. The quantitative estimate of drug-likeness (QED) is 0.523. The monoisotopic (exact) mass is 414 g/mol. The molecule has 0 aliphatic carbocycles. The van der Waals surface area contributed by atoms with E-state index >= 15 is 0 Å². The van der Waals surface area contributed by atoms with E-state index in [4.69, 9.17) is 4.74 Å². The summed E-state index contributed by atoms with van der Waals surface area (Å²) in [5, 5.41) is 8.66. The number of hydrogen-bond acceptors (Lipinski definition) is 5. The summed E-state index contributed by atoms with van der Waals surface area (Å²) < 4.78 is 6.53. The molecule has 0 aliphatic heterocycles. The third-order valence-corrected chi connectivity index (χ3v) is 4.99. The highest BCUT2D eigenvalue weighted by Gasteiger charge is 2.15. The lowest BCUT2D eigenvalue weighted by molar-refractivity contribution is -0.117. The van der Waals surface area contributed by atoms with Crippen LogP contribution >= 0.6 is 0 Å². The Labute approximate surface area is 179 Å². The minimum Gasteiger partial charge on any atom is -0.495 e. The molecule has 0 atom stereocenters. The molecule has 7 nitrogen and oxygen atoms in total. The Morgan fingerprint density at radius 3 is 2.55 bits per heavy atom. The van der Waals surface area contributed by atoms with Crippen LogP contribution in [0.25, 0.3) is 10.8 Å². The molecule has 0 spiro atoms. The molecule has 2 heterocycles. The fourth-order valence-electron chi connectivity index (χ4n) is 3.48. The zero-order valence-electron chi connectivity index (χ0n) is 17.3. The van der Waals surface area contributed by atoms with E-state index in [2.05, 4.69) is 15.4 Å². The lowest BCUT2D eigenvalue weighted by Gasteiger charge is -2.13. The van der Waals surface area contributed by atoms with Crippen LogP contribution in [-0.2, 0) is 17.8 Å². The number of anilines is 1. The molecule has 1 amide bonds. The Balaban J connectivity index is 1.67. The number of aromatic nitrogens is 3. The topological polar surface area (TPSA) is 86.1 Å². The van der Waals surface area contributed by atoms with Crippen LogP contribution < -0.4 is 15.6 Å². The molecule has 0 fully saturated rings. The van der Waals surface area contributed by atoms with Gasteiger partial charge in [0.1, 0.15) is 12.3 Å². The van der Waals surface area contributed by atoms with E-state index in [-0.39, 0.29) is 18.0 Å². The standard InChI is InChI=1S/C24H22N4O3/c1-16-7-8-22(31-2)21(13-16)26-23(29)15-28-24(30)19-6-4-3-5-18(19)20(27-28)14-17-9-11-25-12-10-17/h3-13H,14-15H2,1-2H3,(H,26,29). The van der Waals surface area contributed by atoms with Gasteiger partial charge in [0.05, 0.1) is 23.9 Å². The van der Waals surface area contributed by atoms with Gasteiger partial charge in [0, 0.05) is 24.2 Å². The maximum atomic E-state index is 13.0. The summed E-state index contributed by atoms with van der Waals surface area (Å²) in [6.07, 6.45) is 3.96. The second kappa shape index (κ2) is 8.79. The van der Waals surface area contributed by atoms with Gasteiger partial charge in [-0.15, -0.1) is 0 Å². The molecule has 4 aromatic rings. The van der Waals surface area contributed by atoms with Gasteiger partial charge in [0.15, 0.2) is 0 Å². The van der Waals surface area contributed by atoms with Crippen LogP contribution in [0.2, 0.25) is 0 Å². The second-order valence-corrected chi connectivity index (χ2v) is 7.24. The Bertz CT molecular complexity index is 1300. The number of carbonyl (C=O) groups is 1. The van der Waals surface area contributed by atoms with Gasteiger partial charge < -0.3 is 10.1 Å². The highest BCUT2D eigenvalue weighted by atomic mass is 16.5. The van der Waals surface area contributed by atoms with Crippen molar-refractivity contribution >= 4 is 22.4 Å². The number of amides is 1. The average molecular weight is 414 g/mol. The molecule has 156 valence electrons. The summed E-state index contributed by atoms with van der Waals surface area (Å²) in [4.78, 5) is 29.8. The SMILES string of the molecule is COc1ccc(C)cc1NC(=O)Cn1nc(Cc2ccncc2)c2ccccc2c1=O. The molecule has 31 heavy (non-hydrogen) atoms. The van der Waals surface area contributed by atoms with Crippen molar-refractivity contribution < 1.29 is 9.53 Å². The lowest BCUT2D eigenvalue weighted by Crippen LogP contribution is -2.30. The number of rotatable bonds is 6. The van der Waals surface area contributed by atoms with Crippen LogP contribution in [0.3, 0.4) is 0 Å². The Hall–Kier alpha value is -4.00. The molecule has 2 aromatic carbocycles. The van der Waals surface area contributed by atoms with Gasteiger partial charge in [-0.2, -0.15) is 5.10 Å². The van der Waals surface area contributed by atoms with Crippen LogP contribution in [0, 0.1) is 6.92 Å². The highest BCUT2D eigenvalue weighted by Crippen LogP contribution is 2.25. The molecule has 0 unspecified atom stereocenters. The summed E-state index contributed by atoms with van der Waals surface area (Å²) in [7, 11) is 1.54. The zero-order chi connectivity index (χ0) is 21.8. The van der Waals surface area contributed by atoms with Crippen LogP contribution in [0.1, 0.15) is 16.8 Å². The molecule has 0 bridgehead atoms. The fourth-order valence-corrected chi connectivity index (χ4v) is 3.48. The van der Waals surface area contributed by atoms with Crippen LogP contribution in [0.15, 0.2) is 71.8 Å². The molecule has 1 N–H and O–H groups in total. The number of nitrogens with zero attached hydrogens (tertiary/aromatic N) is 3. The fraction of sp³-hybridized carbons (Fsp3) is 0.167. The average Bonchev–Trinajstić information content (AvgIpc) is 2.78. The van der Waals surface area contributed by atoms with Crippen molar-refractivity contribution in [1.82, 2.24) is 14.8 Å². The van der Waals surface area contributed by atoms with E-state index in [1.165, 1.54) is 4.68 Å². The van der Waals surface area contributed by atoms with E-state index in [0.717, 1.165) is 22.2 Å². The predicted octanol–water partition coefficient (Wildman–Crippen LogP) is 3.34. The number of carbonyl (C=O) groups excluding carboxylic acids is 1. The van der Waals surface area contributed by atoms with Crippen molar-refractivity contribution in [2.24, 2.45) is 0 Å². The van der Waals surface area contributed by atoms with Gasteiger partial charge in [-0.3, -0.25) is 14.6 Å². The number of methoxy groups -OCH3 is 1. The first-order valence-corrected chi connectivity index (χ1v) is 9.87. The van der Waals surface area contributed by atoms with E-state index in [1.54, 1.807) is 31.6 Å². The number of aryl methyl sites for hydroxylation is 1. The van der Waals surface area contributed by atoms with Crippen LogP contribution in [-0.4, -0.2) is 27.8 Å². The number of nitrogens with one attached hydrogen (secondary N) is 1. The first-order valence-electron chi connectivity index (χ1n) is 9.87. The Kier molecular flexibility index (Phi) is 5.75. The first kappa shape index (κ1) is 20.3. The molecule has 0 aliphatic rings. The normalized spacial score (nSPS) is 10.8. The smallest absolute Gasteiger partial charge is 0.275 e. The van der Waals surface area contributed by atoms with Gasteiger partial charge in [-0.25, -0.2) is 4.68 Å². The summed E-state index contributed by atoms with van der Waals surface area (Å²) in [5.41, 5.74) is 2.98. The number of ether oxygens (including phenoxy) is 1. The molecular formula is C24H22N4O3.